The number of amides is 1. The van der Waals surface area contributed by atoms with Crippen molar-refractivity contribution in [3.63, 3.8) is 0 Å². The van der Waals surface area contributed by atoms with Crippen LogP contribution in [0.2, 0.25) is 0 Å². The summed E-state index contributed by atoms with van der Waals surface area (Å²) >= 11 is 0. The Balaban J connectivity index is 1.80. The van der Waals surface area contributed by atoms with E-state index < -0.39 is 0 Å². The summed E-state index contributed by atoms with van der Waals surface area (Å²) in [5, 5.41) is 2.96. The fourth-order valence-corrected chi connectivity index (χ4v) is 2.67. The maximum Gasteiger partial charge on any atom is 0.224 e. The lowest BCUT2D eigenvalue weighted by molar-refractivity contribution is -0.117. The molecule has 1 aliphatic rings. The first-order valence-corrected chi connectivity index (χ1v) is 7.30. The van der Waals surface area contributed by atoms with Crippen molar-refractivity contribution in [2.45, 2.75) is 45.4 Å². The molecule has 0 heterocycles. The number of carbonyl (C=O) groups excluding carboxylic acids is 1. The molecule has 0 saturated heterocycles. The smallest absolute Gasteiger partial charge is 0.224 e. The van der Waals surface area contributed by atoms with Crippen LogP contribution in [0.25, 0.3) is 0 Å². The second-order valence-electron chi connectivity index (χ2n) is 5.21. The average Bonchev–Trinajstić information content (AvgIpc) is 2.42. The number of nitrogens with one attached hydrogen (secondary N) is 1. The predicted octanol–water partition coefficient (Wildman–Crippen LogP) is 3.99. The maximum atomic E-state index is 11.9. The van der Waals surface area contributed by atoms with Gasteiger partial charge in [-0.05, 0) is 49.9 Å². The number of ether oxygens (including phenoxy) is 1. The van der Waals surface area contributed by atoms with E-state index in [2.05, 4.69) is 5.32 Å². The minimum absolute atomic E-state index is 0.135. The quantitative estimate of drug-likeness (QED) is 0.870. The molecule has 1 N–H and O–H groups in total. The summed E-state index contributed by atoms with van der Waals surface area (Å²) < 4.78 is 5.37. The van der Waals surface area contributed by atoms with Crippen molar-refractivity contribution in [1.82, 2.24) is 0 Å². The van der Waals surface area contributed by atoms with Gasteiger partial charge in [-0.15, -0.1) is 0 Å². The van der Waals surface area contributed by atoms with Crippen LogP contribution in [0.4, 0.5) is 5.69 Å². The van der Waals surface area contributed by atoms with Crippen molar-refractivity contribution in [2.75, 3.05) is 11.9 Å². The topological polar surface area (TPSA) is 38.3 Å². The Morgan fingerprint density at radius 3 is 2.53 bits per heavy atom. The lowest BCUT2D eigenvalue weighted by Gasteiger charge is -2.20. The summed E-state index contributed by atoms with van der Waals surface area (Å²) in [5.41, 5.74) is 0.851. The lowest BCUT2D eigenvalue weighted by Crippen LogP contribution is -2.18. The first kappa shape index (κ1) is 13.9. The summed E-state index contributed by atoms with van der Waals surface area (Å²) in [6, 6.07) is 7.56. The first-order valence-electron chi connectivity index (χ1n) is 7.30. The molecule has 1 fully saturated rings. The van der Waals surface area contributed by atoms with Crippen molar-refractivity contribution < 1.29 is 9.53 Å². The second kappa shape index (κ2) is 7.17. The molecule has 0 unspecified atom stereocenters. The predicted molar refractivity (Wildman–Crippen MR) is 77.4 cm³/mol. The van der Waals surface area contributed by atoms with E-state index in [9.17, 15) is 4.79 Å². The Hall–Kier alpha value is -1.51. The number of carbonyl (C=O) groups is 1. The minimum Gasteiger partial charge on any atom is -0.494 e. The molecule has 0 spiro atoms. The van der Waals surface area contributed by atoms with Crippen LogP contribution in [-0.4, -0.2) is 12.5 Å². The van der Waals surface area contributed by atoms with E-state index in [1.807, 2.05) is 31.2 Å². The van der Waals surface area contributed by atoms with Crippen molar-refractivity contribution in [2.24, 2.45) is 5.92 Å². The van der Waals surface area contributed by atoms with Gasteiger partial charge in [-0.25, -0.2) is 0 Å². The van der Waals surface area contributed by atoms with Crippen molar-refractivity contribution in [3.8, 4) is 5.75 Å². The SMILES string of the molecule is CCOc1ccc(NC(=O)CC2CCCCC2)cc1. The zero-order valence-electron chi connectivity index (χ0n) is 11.7. The van der Waals surface area contributed by atoms with E-state index in [0.29, 0.717) is 18.9 Å². The molecule has 0 aromatic heterocycles. The molecule has 1 aromatic carbocycles. The molecule has 0 bridgehead atoms. The fraction of sp³-hybridized carbons (Fsp3) is 0.562. The number of benzene rings is 1. The van der Waals surface area contributed by atoms with E-state index in [4.69, 9.17) is 4.74 Å². The minimum atomic E-state index is 0.135. The van der Waals surface area contributed by atoms with Gasteiger partial charge in [0.1, 0.15) is 5.75 Å². The number of hydrogen-bond donors (Lipinski definition) is 1. The van der Waals surface area contributed by atoms with Crippen LogP contribution in [0.1, 0.15) is 45.4 Å². The van der Waals surface area contributed by atoms with E-state index in [1.54, 1.807) is 0 Å². The van der Waals surface area contributed by atoms with Gasteiger partial charge in [0.2, 0.25) is 5.91 Å². The third-order valence-corrected chi connectivity index (χ3v) is 3.65. The molecule has 0 atom stereocenters. The maximum absolute atomic E-state index is 11.9. The van der Waals surface area contributed by atoms with Crippen LogP contribution in [0.5, 0.6) is 5.75 Å². The van der Waals surface area contributed by atoms with E-state index in [1.165, 1.54) is 32.1 Å². The molecule has 2 rings (SSSR count). The van der Waals surface area contributed by atoms with Crippen LogP contribution in [0.3, 0.4) is 0 Å². The third-order valence-electron chi connectivity index (χ3n) is 3.65. The monoisotopic (exact) mass is 261 g/mol. The Kier molecular flexibility index (Phi) is 5.25. The van der Waals surface area contributed by atoms with Gasteiger partial charge in [0.15, 0.2) is 0 Å². The zero-order valence-corrected chi connectivity index (χ0v) is 11.7. The second-order valence-corrected chi connectivity index (χ2v) is 5.21. The van der Waals surface area contributed by atoms with Gasteiger partial charge < -0.3 is 10.1 Å². The summed E-state index contributed by atoms with van der Waals surface area (Å²) in [4.78, 5) is 11.9. The standard InChI is InChI=1S/C16H23NO2/c1-2-19-15-10-8-14(9-11-15)17-16(18)12-13-6-4-3-5-7-13/h8-11,13H,2-7,12H2,1H3,(H,17,18). The van der Waals surface area contributed by atoms with Gasteiger partial charge in [0.25, 0.3) is 0 Å². The van der Waals surface area contributed by atoms with E-state index in [0.717, 1.165) is 11.4 Å². The van der Waals surface area contributed by atoms with Crippen molar-refractivity contribution in [3.05, 3.63) is 24.3 Å². The largest absolute Gasteiger partial charge is 0.494 e. The van der Waals surface area contributed by atoms with Crippen molar-refractivity contribution in [1.29, 1.82) is 0 Å². The van der Waals surface area contributed by atoms with Gasteiger partial charge in [-0.2, -0.15) is 0 Å². The average molecular weight is 261 g/mol. The molecule has 3 heteroatoms. The first-order chi connectivity index (χ1) is 9.28. The highest BCUT2D eigenvalue weighted by molar-refractivity contribution is 5.90. The number of hydrogen-bond acceptors (Lipinski definition) is 2. The van der Waals surface area contributed by atoms with Gasteiger partial charge in [-0.3, -0.25) is 4.79 Å². The molecule has 1 amide bonds. The normalized spacial score (nSPS) is 16.1. The lowest BCUT2D eigenvalue weighted by atomic mass is 9.87. The Bertz CT molecular complexity index is 394. The molecular formula is C16H23NO2. The molecule has 3 nitrogen and oxygen atoms in total. The molecule has 0 radical (unpaired) electrons. The van der Waals surface area contributed by atoms with Crippen LogP contribution < -0.4 is 10.1 Å². The highest BCUT2D eigenvalue weighted by Crippen LogP contribution is 2.26. The van der Waals surface area contributed by atoms with Gasteiger partial charge in [0, 0.05) is 12.1 Å². The highest BCUT2D eigenvalue weighted by Gasteiger charge is 2.16. The fourth-order valence-electron chi connectivity index (χ4n) is 2.67. The molecule has 1 saturated carbocycles. The number of anilines is 1. The van der Waals surface area contributed by atoms with E-state index in [-0.39, 0.29) is 5.91 Å². The molecule has 1 aromatic rings. The Morgan fingerprint density at radius 2 is 1.89 bits per heavy atom. The summed E-state index contributed by atoms with van der Waals surface area (Å²) in [6.07, 6.45) is 6.96. The van der Waals surface area contributed by atoms with Gasteiger partial charge in [-0.1, -0.05) is 19.3 Å². The highest BCUT2D eigenvalue weighted by atomic mass is 16.5. The molecular weight excluding hydrogens is 238 g/mol. The van der Waals surface area contributed by atoms with Crippen LogP contribution in [-0.2, 0) is 4.79 Å². The van der Waals surface area contributed by atoms with Crippen LogP contribution in [0, 0.1) is 5.92 Å². The summed E-state index contributed by atoms with van der Waals surface area (Å²) in [7, 11) is 0. The molecule has 0 aliphatic heterocycles. The third kappa shape index (κ3) is 4.58. The van der Waals surface area contributed by atoms with Gasteiger partial charge in [0.05, 0.1) is 6.61 Å². The summed E-state index contributed by atoms with van der Waals surface area (Å²) in [6.45, 7) is 2.62. The summed E-state index contributed by atoms with van der Waals surface area (Å²) in [5.74, 6) is 1.56. The number of rotatable bonds is 5. The van der Waals surface area contributed by atoms with Gasteiger partial charge >= 0.3 is 0 Å². The Labute approximate surface area is 115 Å². The molecule has 104 valence electrons. The van der Waals surface area contributed by atoms with E-state index >= 15 is 0 Å². The van der Waals surface area contributed by atoms with Crippen LogP contribution >= 0.6 is 0 Å². The molecule has 19 heavy (non-hydrogen) atoms. The van der Waals surface area contributed by atoms with Crippen LogP contribution in [0.15, 0.2) is 24.3 Å². The Morgan fingerprint density at radius 1 is 1.21 bits per heavy atom. The zero-order chi connectivity index (χ0) is 13.5. The van der Waals surface area contributed by atoms with Crippen molar-refractivity contribution >= 4 is 11.6 Å². The molecule has 1 aliphatic carbocycles.